The SMILES string of the molecule is NC(C(=O)Nc1ccc(Cl)cn1)C1C[C@H]2CC(c3ccnc4ccc(F)cc34)C[C@H]2C1. The second-order valence-electron chi connectivity index (χ2n) is 8.86. The molecule has 2 saturated carbocycles. The highest BCUT2D eigenvalue weighted by molar-refractivity contribution is 6.30. The Kier molecular flexibility index (Phi) is 5.36. The van der Waals surface area contributed by atoms with Crippen LogP contribution >= 0.6 is 11.6 Å². The molecule has 2 fully saturated rings. The van der Waals surface area contributed by atoms with Gasteiger partial charge in [-0.1, -0.05) is 11.6 Å². The van der Waals surface area contributed by atoms with Crippen LogP contribution in [0.3, 0.4) is 0 Å². The number of hydrogen-bond acceptors (Lipinski definition) is 4. The molecule has 2 aliphatic rings. The van der Waals surface area contributed by atoms with Crippen molar-refractivity contribution in [3.05, 3.63) is 65.2 Å². The predicted octanol–water partition coefficient (Wildman–Crippen LogP) is 4.91. The van der Waals surface area contributed by atoms with E-state index in [9.17, 15) is 9.18 Å². The summed E-state index contributed by atoms with van der Waals surface area (Å²) in [5.41, 5.74) is 8.35. The second-order valence-corrected chi connectivity index (χ2v) is 9.29. The van der Waals surface area contributed by atoms with Gasteiger partial charge in [0.15, 0.2) is 0 Å². The van der Waals surface area contributed by atoms with Crippen LogP contribution < -0.4 is 11.1 Å². The minimum Gasteiger partial charge on any atom is -0.320 e. The molecule has 0 spiro atoms. The smallest absolute Gasteiger partial charge is 0.242 e. The molecule has 1 aromatic carbocycles. The van der Waals surface area contributed by atoms with Crippen molar-refractivity contribution < 1.29 is 9.18 Å². The number of benzene rings is 1. The molecule has 160 valence electrons. The summed E-state index contributed by atoms with van der Waals surface area (Å²) in [5.74, 6) is 1.67. The maximum absolute atomic E-state index is 13.8. The van der Waals surface area contributed by atoms with Gasteiger partial charge in [-0.3, -0.25) is 9.78 Å². The van der Waals surface area contributed by atoms with Gasteiger partial charge in [-0.05, 0) is 91.3 Å². The van der Waals surface area contributed by atoms with Crippen LogP contribution in [0.4, 0.5) is 10.2 Å². The van der Waals surface area contributed by atoms with Gasteiger partial charge in [-0.2, -0.15) is 0 Å². The largest absolute Gasteiger partial charge is 0.320 e. The summed E-state index contributed by atoms with van der Waals surface area (Å²) in [6, 6.07) is 9.62. The molecule has 3 N–H and O–H groups in total. The van der Waals surface area contributed by atoms with Crippen molar-refractivity contribution >= 4 is 34.2 Å². The van der Waals surface area contributed by atoms with E-state index in [0.29, 0.717) is 28.6 Å². The lowest BCUT2D eigenvalue weighted by atomic mass is 9.88. The molecule has 5 atom stereocenters. The Morgan fingerprint density at radius 2 is 1.87 bits per heavy atom. The van der Waals surface area contributed by atoms with Gasteiger partial charge in [-0.15, -0.1) is 0 Å². The maximum Gasteiger partial charge on any atom is 0.242 e. The quantitative estimate of drug-likeness (QED) is 0.606. The van der Waals surface area contributed by atoms with E-state index in [1.54, 1.807) is 24.3 Å². The first kappa shape index (κ1) is 20.3. The first-order chi connectivity index (χ1) is 15.0. The molecule has 5 nitrogen and oxygen atoms in total. The summed E-state index contributed by atoms with van der Waals surface area (Å²) in [6.45, 7) is 0. The van der Waals surface area contributed by atoms with Crippen molar-refractivity contribution in [3.8, 4) is 0 Å². The van der Waals surface area contributed by atoms with Crippen LogP contribution in [0.2, 0.25) is 5.02 Å². The number of nitrogens with two attached hydrogens (primary N) is 1. The number of nitrogens with zero attached hydrogens (tertiary/aromatic N) is 2. The Morgan fingerprint density at radius 1 is 1.10 bits per heavy atom. The fourth-order valence-electron chi connectivity index (χ4n) is 5.58. The van der Waals surface area contributed by atoms with Crippen molar-refractivity contribution in [1.29, 1.82) is 0 Å². The molecule has 3 unspecified atom stereocenters. The van der Waals surface area contributed by atoms with Crippen LogP contribution in [-0.2, 0) is 4.79 Å². The third-order valence-corrected chi connectivity index (χ3v) is 7.24. The first-order valence-corrected chi connectivity index (χ1v) is 11.1. The zero-order valence-electron chi connectivity index (χ0n) is 17.0. The molecule has 5 rings (SSSR count). The summed E-state index contributed by atoms with van der Waals surface area (Å²) in [7, 11) is 0. The summed E-state index contributed by atoms with van der Waals surface area (Å²) in [5, 5.41) is 4.23. The molecule has 2 aromatic heterocycles. The van der Waals surface area contributed by atoms with Crippen LogP contribution in [0.15, 0.2) is 48.8 Å². The fourth-order valence-corrected chi connectivity index (χ4v) is 5.69. The Bertz CT molecular complexity index is 1110. The number of carbonyl (C=O) groups excluding carboxylic acids is 1. The van der Waals surface area contributed by atoms with Gasteiger partial charge in [0.1, 0.15) is 11.6 Å². The van der Waals surface area contributed by atoms with Crippen LogP contribution in [0, 0.1) is 23.6 Å². The second kappa shape index (κ2) is 8.17. The summed E-state index contributed by atoms with van der Waals surface area (Å²) >= 11 is 5.84. The number of fused-ring (bicyclic) bond motifs is 2. The number of amides is 1. The van der Waals surface area contributed by atoms with E-state index < -0.39 is 6.04 Å². The average Bonchev–Trinajstić information content (AvgIpc) is 3.33. The van der Waals surface area contributed by atoms with Gasteiger partial charge in [0.05, 0.1) is 16.6 Å². The van der Waals surface area contributed by atoms with E-state index in [-0.39, 0.29) is 17.6 Å². The van der Waals surface area contributed by atoms with Crippen molar-refractivity contribution in [2.45, 2.75) is 37.6 Å². The van der Waals surface area contributed by atoms with Crippen LogP contribution in [0.5, 0.6) is 0 Å². The molecular weight excluding hydrogens is 415 g/mol. The Hall–Kier alpha value is -2.57. The number of hydrogen-bond donors (Lipinski definition) is 2. The van der Waals surface area contributed by atoms with E-state index in [4.69, 9.17) is 17.3 Å². The lowest BCUT2D eigenvalue weighted by Crippen LogP contribution is -2.41. The highest BCUT2D eigenvalue weighted by atomic mass is 35.5. The van der Waals surface area contributed by atoms with E-state index in [0.717, 1.165) is 36.6 Å². The molecule has 7 heteroatoms. The molecule has 0 saturated heterocycles. The van der Waals surface area contributed by atoms with Gasteiger partial charge in [0.25, 0.3) is 0 Å². The minimum absolute atomic E-state index is 0.162. The summed E-state index contributed by atoms with van der Waals surface area (Å²) in [4.78, 5) is 21.1. The van der Waals surface area contributed by atoms with Gasteiger partial charge in [-0.25, -0.2) is 9.37 Å². The third kappa shape index (κ3) is 4.02. The zero-order chi connectivity index (χ0) is 21.5. The van der Waals surface area contributed by atoms with Crippen LogP contribution in [0.1, 0.15) is 37.2 Å². The standard InChI is InChI=1S/C24H24ClFN4O/c25-17-1-4-22(29-12-17)30-24(31)23(27)16-9-13-7-15(8-14(13)10-16)19-5-6-28-21-3-2-18(26)11-20(19)21/h1-6,11-16,23H,7-10,27H2,(H,29,30,31)/t13-,14+,15?,16?,23?. The molecule has 1 amide bonds. The highest BCUT2D eigenvalue weighted by Gasteiger charge is 2.45. The van der Waals surface area contributed by atoms with Crippen molar-refractivity contribution in [2.24, 2.45) is 23.5 Å². The topological polar surface area (TPSA) is 80.9 Å². The predicted molar refractivity (Wildman–Crippen MR) is 119 cm³/mol. The van der Waals surface area contributed by atoms with Gasteiger partial charge >= 0.3 is 0 Å². The van der Waals surface area contributed by atoms with Crippen LogP contribution in [-0.4, -0.2) is 21.9 Å². The van der Waals surface area contributed by atoms with E-state index in [2.05, 4.69) is 15.3 Å². The average molecular weight is 439 g/mol. The molecule has 2 aliphatic carbocycles. The normalized spacial score (nSPS) is 26.0. The number of aromatic nitrogens is 2. The fraction of sp³-hybridized carbons (Fsp3) is 0.375. The lowest BCUT2D eigenvalue weighted by molar-refractivity contribution is -0.118. The Balaban J connectivity index is 1.24. The lowest BCUT2D eigenvalue weighted by Gasteiger charge is -2.21. The molecular formula is C24H24ClFN4O. The molecule has 0 radical (unpaired) electrons. The molecule has 2 heterocycles. The molecule has 31 heavy (non-hydrogen) atoms. The van der Waals surface area contributed by atoms with E-state index >= 15 is 0 Å². The summed E-state index contributed by atoms with van der Waals surface area (Å²) in [6.07, 6.45) is 7.30. The maximum atomic E-state index is 13.8. The van der Waals surface area contributed by atoms with Gasteiger partial charge in [0, 0.05) is 17.8 Å². The molecule has 3 aromatic rings. The van der Waals surface area contributed by atoms with Crippen molar-refractivity contribution in [2.75, 3.05) is 5.32 Å². The Morgan fingerprint density at radius 3 is 2.58 bits per heavy atom. The van der Waals surface area contributed by atoms with Crippen molar-refractivity contribution in [3.63, 3.8) is 0 Å². The number of carbonyl (C=O) groups is 1. The highest BCUT2D eigenvalue weighted by Crippen LogP contribution is 2.53. The number of anilines is 1. The molecule has 0 aliphatic heterocycles. The van der Waals surface area contributed by atoms with E-state index in [1.807, 2.05) is 12.3 Å². The number of pyridine rings is 2. The van der Waals surface area contributed by atoms with Crippen LogP contribution in [0.25, 0.3) is 10.9 Å². The monoisotopic (exact) mass is 438 g/mol. The number of rotatable bonds is 4. The van der Waals surface area contributed by atoms with Gasteiger partial charge in [0.2, 0.25) is 5.91 Å². The van der Waals surface area contributed by atoms with Gasteiger partial charge < -0.3 is 11.1 Å². The Labute approximate surface area is 185 Å². The zero-order valence-corrected chi connectivity index (χ0v) is 17.7. The minimum atomic E-state index is -0.558. The summed E-state index contributed by atoms with van der Waals surface area (Å²) < 4.78 is 13.8. The first-order valence-electron chi connectivity index (χ1n) is 10.7. The van der Waals surface area contributed by atoms with Crippen molar-refractivity contribution in [1.82, 2.24) is 9.97 Å². The third-order valence-electron chi connectivity index (χ3n) is 7.02. The number of nitrogens with one attached hydrogen (secondary N) is 1. The van der Waals surface area contributed by atoms with E-state index in [1.165, 1.54) is 17.8 Å². The molecule has 0 bridgehead atoms. The number of halogens is 2.